The molecule has 0 bridgehead atoms. The highest BCUT2D eigenvalue weighted by atomic mass is 16.6. The van der Waals surface area contributed by atoms with Gasteiger partial charge >= 0.3 is 12.1 Å². The third-order valence-corrected chi connectivity index (χ3v) is 4.28. The Bertz CT molecular complexity index is 952. The van der Waals surface area contributed by atoms with Crippen molar-refractivity contribution in [2.24, 2.45) is 0 Å². The molecule has 1 heterocycles. The second kappa shape index (κ2) is 8.44. The van der Waals surface area contributed by atoms with Gasteiger partial charge in [0.15, 0.2) is 12.6 Å². The third-order valence-electron chi connectivity index (χ3n) is 4.28. The van der Waals surface area contributed by atoms with Crippen molar-refractivity contribution in [3.05, 3.63) is 54.1 Å². The van der Waals surface area contributed by atoms with Crippen LogP contribution in [0.2, 0.25) is 0 Å². The largest absolute Gasteiger partial charge is 0.482 e. The summed E-state index contributed by atoms with van der Waals surface area (Å²) in [6.07, 6.45) is -0.635. The van der Waals surface area contributed by atoms with Crippen molar-refractivity contribution >= 4 is 29.3 Å². The van der Waals surface area contributed by atoms with Crippen molar-refractivity contribution in [1.29, 1.82) is 0 Å². The van der Waals surface area contributed by atoms with E-state index in [9.17, 15) is 14.4 Å². The third kappa shape index (κ3) is 4.71. The van der Waals surface area contributed by atoms with Crippen molar-refractivity contribution in [2.75, 3.05) is 23.9 Å². The van der Waals surface area contributed by atoms with E-state index in [2.05, 4.69) is 5.32 Å². The lowest BCUT2D eigenvalue weighted by atomic mass is 10.0. The van der Waals surface area contributed by atoms with Crippen molar-refractivity contribution < 1.29 is 28.6 Å². The molecule has 0 aliphatic carbocycles. The Hall–Kier alpha value is -3.55. The van der Waals surface area contributed by atoms with E-state index in [0.717, 1.165) is 0 Å². The van der Waals surface area contributed by atoms with Crippen LogP contribution in [0.25, 0.3) is 0 Å². The SMILES string of the molecule is COC(=O)C(c1ccccc1)N1C(=O)COc2ccc(NC(=O)OC(C)(C)C)cc21. The van der Waals surface area contributed by atoms with Gasteiger partial charge in [-0.2, -0.15) is 0 Å². The fourth-order valence-corrected chi connectivity index (χ4v) is 3.09. The van der Waals surface area contributed by atoms with Crippen LogP contribution in [-0.2, 0) is 19.1 Å². The molecule has 2 amide bonds. The van der Waals surface area contributed by atoms with Gasteiger partial charge in [-0.25, -0.2) is 9.59 Å². The fraction of sp³-hybridized carbons (Fsp3) is 0.318. The molecule has 30 heavy (non-hydrogen) atoms. The van der Waals surface area contributed by atoms with Gasteiger partial charge in [0.2, 0.25) is 0 Å². The molecule has 2 aromatic carbocycles. The lowest BCUT2D eigenvalue weighted by Crippen LogP contribution is -2.44. The number of ether oxygens (including phenoxy) is 3. The summed E-state index contributed by atoms with van der Waals surface area (Å²) in [6, 6.07) is 12.7. The minimum atomic E-state index is -0.997. The van der Waals surface area contributed by atoms with Crippen LogP contribution in [0, 0.1) is 0 Å². The van der Waals surface area contributed by atoms with Gasteiger partial charge in [0.25, 0.3) is 5.91 Å². The first-order valence-electron chi connectivity index (χ1n) is 9.41. The Morgan fingerprint density at radius 1 is 1.13 bits per heavy atom. The predicted octanol–water partition coefficient (Wildman–Crippen LogP) is 3.67. The molecular formula is C22H24N2O6. The molecule has 3 rings (SSSR count). The maximum Gasteiger partial charge on any atom is 0.412 e. The highest BCUT2D eigenvalue weighted by molar-refractivity contribution is 6.04. The van der Waals surface area contributed by atoms with E-state index >= 15 is 0 Å². The number of fused-ring (bicyclic) bond motifs is 1. The number of nitrogens with zero attached hydrogens (tertiary/aromatic N) is 1. The minimum Gasteiger partial charge on any atom is -0.482 e. The van der Waals surface area contributed by atoms with Gasteiger partial charge in [0.05, 0.1) is 12.8 Å². The summed E-state index contributed by atoms with van der Waals surface area (Å²) < 4.78 is 15.8. The first-order valence-corrected chi connectivity index (χ1v) is 9.41. The van der Waals surface area contributed by atoms with Crippen LogP contribution < -0.4 is 15.0 Å². The summed E-state index contributed by atoms with van der Waals surface area (Å²) in [5, 5.41) is 2.64. The number of anilines is 2. The van der Waals surface area contributed by atoms with Gasteiger partial charge in [0.1, 0.15) is 11.4 Å². The van der Waals surface area contributed by atoms with Crippen LogP contribution >= 0.6 is 0 Å². The number of carbonyl (C=O) groups is 3. The Balaban J connectivity index is 2.00. The maximum atomic E-state index is 12.8. The molecule has 8 nitrogen and oxygen atoms in total. The van der Waals surface area contributed by atoms with Gasteiger partial charge in [-0.1, -0.05) is 30.3 Å². The maximum absolute atomic E-state index is 12.8. The van der Waals surface area contributed by atoms with Crippen molar-refractivity contribution in [1.82, 2.24) is 0 Å². The van der Waals surface area contributed by atoms with E-state index in [1.54, 1.807) is 63.2 Å². The molecule has 1 aliphatic heterocycles. The Morgan fingerprint density at radius 2 is 1.83 bits per heavy atom. The van der Waals surface area contributed by atoms with E-state index in [4.69, 9.17) is 14.2 Å². The summed E-state index contributed by atoms with van der Waals surface area (Å²) in [4.78, 5) is 38.9. The molecule has 2 aromatic rings. The molecule has 1 atom stereocenters. The first-order chi connectivity index (χ1) is 14.2. The van der Waals surface area contributed by atoms with Gasteiger partial charge in [-0.3, -0.25) is 15.0 Å². The molecule has 0 radical (unpaired) electrons. The van der Waals surface area contributed by atoms with Crippen molar-refractivity contribution in [3.8, 4) is 5.75 Å². The number of carbonyl (C=O) groups excluding carboxylic acids is 3. The van der Waals surface area contributed by atoms with Gasteiger partial charge in [-0.05, 0) is 44.5 Å². The van der Waals surface area contributed by atoms with Crippen molar-refractivity contribution in [3.63, 3.8) is 0 Å². The number of hydrogen-bond donors (Lipinski definition) is 1. The average molecular weight is 412 g/mol. The number of benzene rings is 2. The Morgan fingerprint density at radius 3 is 2.47 bits per heavy atom. The molecule has 0 aromatic heterocycles. The molecule has 0 saturated carbocycles. The van der Waals surface area contributed by atoms with Crippen LogP contribution in [0.4, 0.5) is 16.2 Å². The predicted molar refractivity (Wildman–Crippen MR) is 110 cm³/mol. The zero-order valence-corrected chi connectivity index (χ0v) is 17.3. The van der Waals surface area contributed by atoms with Crippen molar-refractivity contribution in [2.45, 2.75) is 32.4 Å². The Labute approximate surface area is 174 Å². The molecule has 0 saturated heterocycles. The number of methoxy groups -OCH3 is 1. The summed E-state index contributed by atoms with van der Waals surface area (Å²) in [6.45, 7) is 5.06. The Kier molecular flexibility index (Phi) is 5.96. The molecule has 158 valence electrons. The summed E-state index contributed by atoms with van der Waals surface area (Å²) in [7, 11) is 1.27. The van der Waals surface area contributed by atoms with E-state index in [1.165, 1.54) is 12.0 Å². The highest BCUT2D eigenvalue weighted by Gasteiger charge is 2.38. The molecule has 8 heteroatoms. The molecule has 1 unspecified atom stereocenters. The fourth-order valence-electron chi connectivity index (χ4n) is 3.09. The molecule has 0 spiro atoms. The highest BCUT2D eigenvalue weighted by Crippen LogP contribution is 2.40. The molecular weight excluding hydrogens is 388 g/mol. The zero-order chi connectivity index (χ0) is 21.9. The minimum absolute atomic E-state index is 0.216. The van der Waals surface area contributed by atoms with E-state index in [0.29, 0.717) is 22.7 Å². The number of amides is 2. The number of esters is 1. The molecule has 1 N–H and O–H groups in total. The second-order valence-corrected chi connectivity index (χ2v) is 7.70. The van der Waals surface area contributed by atoms with Crippen LogP contribution in [0.1, 0.15) is 32.4 Å². The smallest absolute Gasteiger partial charge is 0.412 e. The summed E-state index contributed by atoms with van der Waals surface area (Å²) in [5.41, 5.74) is 0.672. The van der Waals surface area contributed by atoms with Crippen LogP contribution in [0.3, 0.4) is 0 Å². The molecule has 0 fully saturated rings. The van der Waals surface area contributed by atoms with E-state index in [-0.39, 0.29) is 6.61 Å². The van der Waals surface area contributed by atoms with Gasteiger partial charge in [0, 0.05) is 5.69 Å². The summed E-state index contributed by atoms with van der Waals surface area (Å²) in [5.74, 6) is -0.585. The topological polar surface area (TPSA) is 94.2 Å². The number of rotatable bonds is 4. The zero-order valence-electron chi connectivity index (χ0n) is 17.3. The van der Waals surface area contributed by atoms with Crippen LogP contribution in [0.5, 0.6) is 5.75 Å². The monoisotopic (exact) mass is 412 g/mol. The normalized spacial score (nSPS) is 14.3. The quantitative estimate of drug-likeness (QED) is 0.770. The van der Waals surface area contributed by atoms with Crippen LogP contribution in [-0.4, -0.2) is 37.3 Å². The first kappa shape index (κ1) is 21.2. The lowest BCUT2D eigenvalue weighted by molar-refractivity contribution is -0.144. The van der Waals surface area contributed by atoms with E-state index < -0.39 is 29.6 Å². The second-order valence-electron chi connectivity index (χ2n) is 7.70. The average Bonchev–Trinajstić information content (AvgIpc) is 2.69. The summed E-state index contributed by atoms with van der Waals surface area (Å²) >= 11 is 0. The van der Waals surface area contributed by atoms with Gasteiger partial charge in [-0.15, -0.1) is 0 Å². The molecule has 1 aliphatic rings. The lowest BCUT2D eigenvalue weighted by Gasteiger charge is -2.34. The van der Waals surface area contributed by atoms with E-state index in [1.807, 2.05) is 6.07 Å². The standard InChI is InChI=1S/C22H24N2O6/c1-22(2,3)30-21(27)23-15-10-11-17-16(12-15)24(18(25)13-29-17)19(20(26)28-4)14-8-6-5-7-9-14/h5-12,19H,13H2,1-4H3,(H,23,27). The van der Waals surface area contributed by atoms with Crippen LogP contribution in [0.15, 0.2) is 48.5 Å². The number of hydrogen-bond acceptors (Lipinski definition) is 6. The van der Waals surface area contributed by atoms with Gasteiger partial charge < -0.3 is 14.2 Å². The number of nitrogens with one attached hydrogen (secondary N) is 1.